The summed E-state index contributed by atoms with van der Waals surface area (Å²) in [6, 6.07) is 9.39. The standard InChI is InChI=1S/C18H20N4O4/c23-18(15-7-3-4-8-16(15)22(24)25)20-19-13-14-9-10-17(26-14)21-11-5-1-2-6-12-21/h3-4,7-10,13H,1-2,5-6,11-12H2,(H,20,23)/b19-13+. The number of nitro benzene ring substituents is 1. The Bertz CT molecular complexity index is 807. The third-order valence-corrected chi connectivity index (χ3v) is 4.23. The Morgan fingerprint density at radius 2 is 1.88 bits per heavy atom. The van der Waals surface area contributed by atoms with Gasteiger partial charge in [0.15, 0.2) is 5.88 Å². The molecule has 0 bridgehead atoms. The van der Waals surface area contributed by atoms with Crippen molar-refractivity contribution in [3.05, 3.63) is 57.8 Å². The zero-order chi connectivity index (χ0) is 18.4. The lowest BCUT2D eigenvalue weighted by Crippen LogP contribution is -2.23. The van der Waals surface area contributed by atoms with E-state index in [1.165, 1.54) is 37.3 Å². The van der Waals surface area contributed by atoms with Crippen LogP contribution in [0.25, 0.3) is 0 Å². The maximum Gasteiger partial charge on any atom is 0.282 e. The van der Waals surface area contributed by atoms with Crippen molar-refractivity contribution in [1.29, 1.82) is 0 Å². The van der Waals surface area contributed by atoms with E-state index in [-0.39, 0.29) is 11.3 Å². The lowest BCUT2D eigenvalue weighted by molar-refractivity contribution is -0.385. The Morgan fingerprint density at radius 3 is 2.62 bits per heavy atom. The number of amides is 1. The molecule has 0 spiro atoms. The molecule has 1 aliphatic rings. The molecule has 3 rings (SSSR count). The second kappa shape index (κ2) is 8.28. The summed E-state index contributed by atoms with van der Waals surface area (Å²) in [5, 5.41) is 14.8. The van der Waals surface area contributed by atoms with Crippen LogP contribution in [0.1, 0.15) is 41.8 Å². The maximum atomic E-state index is 12.1. The summed E-state index contributed by atoms with van der Waals surface area (Å²) < 4.78 is 5.75. The Hall–Kier alpha value is -3.16. The molecule has 8 heteroatoms. The number of hydrogen-bond donors (Lipinski definition) is 1. The first-order valence-electron chi connectivity index (χ1n) is 8.57. The van der Waals surface area contributed by atoms with Crippen LogP contribution in [-0.4, -0.2) is 30.1 Å². The van der Waals surface area contributed by atoms with Crippen molar-refractivity contribution in [3.63, 3.8) is 0 Å². The van der Waals surface area contributed by atoms with Crippen LogP contribution >= 0.6 is 0 Å². The lowest BCUT2D eigenvalue weighted by Gasteiger charge is -2.18. The van der Waals surface area contributed by atoms with Crippen LogP contribution in [0.5, 0.6) is 0 Å². The number of hydrazone groups is 1. The molecule has 1 fully saturated rings. The van der Waals surface area contributed by atoms with Gasteiger partial charge < -0.3 is 9.32 Å². The van der Waals surface area contributed by atoms with Gasteiger partial charge >= 0.3 is 0 Å². The zero-order valence-electron chi connectivity index (χ0n) is 14.3. The molecule has 0 saturated carbocycles. The number of carbonyl (C=O) groups excluding carboxylic acids is 1. The summed E-state index contributed by atoms with van der Waals surface area (Å²) in [7, 11) is 0. The van der Waals surface area contributed by atoms with Gasteiger partial charge in [-0.2, -0.15) is 5.10 Å². The highest BCUT2D eigenvalue weighted by Crippen LogP contribution is 2.21. The molecule has 0 atom stereocenters. The van der Waals surface area contributed by atoms with E-state index < -0.39 is 10.8 Å². The molecule has 0 aliphatic carbocycles. The number of para-hydroxylation sites is 1. The monoisotopic (exact) mass is 356 g/mol. The third-order valence-electron chi connectivity index (χ3n) is 4.23. The molecule has 8 nitrogen and oxygen atoms in total. The highest BCUT2D eigenvalue weighted by atomic mass is 16.6. The Morgan fingerprint density at radius 1 is 1.15 bits per heavy atom. The van der Waals surface area contributed by atoms with E-state index in [1.807, 2.05) is 6.07 Å². The topological polar surface area (TPSA) is 101 Å². The van der Waals surface area contributed by atoms with Gasteiger partial charge in [0.25, 0.3) is 11.6 Å². The van der Waals surface area contributed by atoms with Crippen molar-refractivity contribution in [1.82, 2.24) is 5.43 Å². The fraction of sp³-hybridized carbons (Fsp3) is 0.333. The van der Waals surface area contributed by atoms with Crippen LogP contribution in [0.2, 0.25) is 0 Å². The average molecular weight is 356 g/mol. The minimum absolute atomic E-state index is 0.0423. The van der Waals surface area contributed by atoms with Gasteiger partial charge in [-0.25, -0.2) is 5.43 Å². The largest absolute Gasteiger partial charge is 0.440 e. The molecular weight excluding hydrogens is 336 g/mol. The first-order valence-corrected chi connectivity index (χ1v) is 8.57. The van der Waals surface area contributed by atoms with Crippen molar-refractivity contribution in [3.8, 4) is 0 Å². The molecule has 1 aromatic carbocycles. The number of carbonyl (C=O) groups is 1. The van der Waals surface area contributed by atoms with Gasteiger partial charge in [-0.3, -0.25) is 14.9 Å². The molecule has 26 heavy (non-hydrogen) atoms. The number of nitrogens with zero attached hydrogens (tertiary/aromatic N) is 3. The van der Waals surface area contributed by atoms with Crippen LogP contribution in [0.3, 0.4) is 0 Å². The van der Waals surface area contributed by atoms with Gasteiger partial charge in [0.1, 0.15) is 11.3 Å². The highest BCUT2D eigenvalue weighted by molar-refractivity contribution is 5.98. The van der Waals surface area contributed by atoms with Crippen molar-refractivity contribution in [2.75, 3.05) is 18.0 Å². The molecule has 1 N–H and O–H groups in total. The predicted octanol–water partition coefficient (Wildman–Crippen LogP) is 3.33. The van der Waals surface area contributed by atoms with Gasteiger partial charge in [0.2, 0.25) is 0 Å². The normalized spacial score (nSPS) is 15.0. The van der Waals surface area contributed by atoms with Crippen molar-refractivity contribution in [2.45, 2.75) is 25.7 Å². The minimum atomic E-state index is -0.646. The van der Waals surface area contributed by atoms with Crippen molar-refractivity contribution < 1.29 is 14.1 Å². The van der Waals surface area contributed by atoms with Crippen LogP contribution < -0.4 is 10.3 Å². The maximum absolute atomic E-state index is 12.1. The zero-order valence-corrected chi connectivity index (χ0v) is 14.3. The number of anilines is 1. The molecule has 1 saturated heterocycles. The Kier molecular flexibility index (Phi) is 5.62. The number of nitrogens with one attached hydrogen (secondary N) is 1. The van der Waals surface area contributed by atoms with E-state index in [0.717, 1.165) is 31.8 Å². The highest BCUT2D eigenvalue weighted by Gasteiger charge is 2.18. The van der Waals surface area contributed by atoms with Crippen molar-refractivity contribution in [2.24, 2.45) is 5.10 Å². The average Bonchev–Trinajstić information content (AvgIpc) is 2.94. The number of nitro groups is 1. The smallest absolute Gasteiger partial charge is 0.282 e. The Labute approximate surface area is 150 Å². The SMILES string of the molecule is O=C(N/N=C/c1ccc(N2CCCCCC2)o1)c1ccccc1[N+](=O)[O-]. The number of rotatable bonds is 5. The van der Waals surface area contributed by atoms with E-state index >= 15 is 0 Å². The fourth-order valence-corrected chi connectivity index (χ4v) is 2.91. The summed E-state index contributed by atoms with van der Waals surface area (Å²) in [6.07, 6.45) is 6.16. The summed E-state index contributed by atoms with van der Waals surface area (Å²) in [5.41, 5.74) is 1.99. The van der Waals surface area contributed by atoms with E-state index in [9.17, 15) is 14.9 Å². The van der Waals surface area contributed by atoms with E-state index in [1.54, 1.807) is 12.1 Å². The number of furan rings is 1. The fourth-order valence-electron chi connectivity index (χ4n) is 2.91. The number of benzene rings is 1. The van der Waals surface area contributed by atoms with Crippen LogP contribution in [0, 0.1) is 10.1 Å². The molecule has 1 amide bonds. The second-order valence-electron chi connectivity index (χ2n) is 6.05. The lowest BCUT2D eigenvalue weighted by atomic mass is 10.2. The molecular formula is C18H20N4O4. The van der Waals surface area contributed by atoms with Gasteiger partial charge in [-0.1, -0.05) is 25.0 Å². The first kappa shape index (κ1) is 17.7. The molecule has 136 valence electrons. The van der Waals surface area contributed by atoms with E-state index in [4.69, 9.17) is 4.42 Å². The van der Waals surface area contributed by atoms with Gasteiger partial charge in [-0.05, 0) is 25.0 Å². The van der Waals surface area contributed by atoms with Crippen LogP contribution in [0.4, 0.5) is 11.6 Å². The summed E-state index contributed by atoms with van der Waals surface area (Å²) >= 11 is 0. The Balaban J connectivity index is 1.62. The van der Waals surface area contributed by atoms with E-state index in [2.05, 4.69) is 15.4 Å². The molecule has 0 unspecified atom stereocenters. The van der Waals surface area contributed by atoms with Crippen LogP contribution in [-0.2, 0) is 0 Å². The quantitative estimate of drug-likeness (QED) is 0.503. The third kappa shape index (κ3) is 4.27. The molecule has 1 aliphatic heterocycles. The summed E-state index contributed by atoms with van der Waals surface area (Å²) in [4.78, 5) is 24.7. The van der Waals surface area contributed by atoms with Gasteiger partial charge in [0, 0.05) is 25.2 Å². The minimum Gasteiger partial charge on any atom is -0.440 e. The van der Waals surface area contributed by atoms with Gasteiger partial charge in [-0.15, -0.1) is 0 Å². The molecule has 2 heterocycles. The molecule has 0 radical (unpaired) electrons. The second-order valence-corrected chi connectivity index (χ2v) is 6.05. The molecule has 2 aromatic rings. The first-order chi connectivity index (χ1) is 12.6. The van der Waals surface area contributed by atoms with Crippen molar-refractivity contribution >= 4 is 23.7 Å². The van der Waals surface area contributed by atoms with E-state index in [0.29, 0.717) is 5.76 Å². The summed E-state index contributed by atoms with van der Waals surface area (Å²) in [6.45, 7) is 1.94. The predicted molar refractivity (Wildman–Crippen MR) is 97.5 cm³/mol. The summed E-state index contributed by atoms with van der Waals surface area (Å²) in [5.74, 6) is 0.651. The van der Waals surface area contributed by atoms with Gasteiger partial charge in [0.05, 0.1) is 11.1 Å². The number of hydrogen-bond acceptors (Lipinski definition) is 6. The van der Waals surface area contributed by atoms with Crippen LogP contribution in [0.15, 0.2) is 45.9 Å². The molecule has 1 aromatic heterocycles.